The van der Waals surface area contributed by atoms with Crippen molar-refractivity contribution in [3.05, 3.63) is 29.8 Å². The van der Waals surface area contributed by atoms with Crippen molar-refractivity contribution in [2.45, 2.75) is 38.4 Å². The number of aliphatic hydroxyl groups excluding tert-OH is 1. The minimum absolute atomic E-state index is 0.102. The highest BCUT2D eigenvalue weighted by atomic mass is 19.3. The summed E-state index contributed by atoms with van der Waals surface area (Å²) >= 11 is 0. The molecule has 1 aliphatic carbocycles. The lowest BCUT2D eigenvalue weighted by atomic mass is 9.80. The van der Waals surface area contributed by atoms with E-state index in [2.05, 4.69) is 4.74 Å². The first-order valence-corrected chi connectivity index (χ1v) is 5.88. The minimum atomic E-state index is -2.82. The molecule has 2 rings (SSSR count). The van der Waals surface area contributed by atoms with E-state index in [1.165, 1.54) is 18.6 Å². The molecule has 0 radical (unpaired) electrons. The Bertz CT molecular complexity index is 364. The second-order valence-electron chi connectivity index (χ2n) is 4.50. The van der Waals surface area contributed by atoms with E-state index < -0.39 is 12.7 Å². The second-order valence-corrected chi connectivity index (χ2v) is 4.50. The smallest absolute Gasteiger partial charge is 0.387 e. The van der Waals surface area contributed by atoms with Crippen LogP contribution < -0.4 is 4.74 Å². The molecule has 0 spiro atoms. The van der Waals surface area contributed by atoms with Crippen LogP contribution in [-0.4, -0.2) is 11.7 Å². The summed E-state index contributed by atoms with van der Waals surface area (Å²) < 4.78 is 28.4. The second kappa shape index (κ2) is 5.45. The Morgan fingerprint density at radius 3 is 2.71 bits per heavy atom. The molecule has 4 heteroatoms. The first-order chi connectivity index (χ1) is 8.15. The average molecular weight is 242 g/mol. The fourth-order valence-corrected chi connectivity index (χ4v) is 2.08. The van der Waals surface area contributed by atoms with E-state index in [1.54, 1.807) is 12.1 Å². The molecule has 17 heavy (non-hydrogen) atoms. The van der Waals surface area contributed by atoms with E-state index in [9.17, 15) is 13.9 Å². The zero-order chi connectivity index (χ0) is 12.3. The van der Waals surface area contributed by atoms with Crippen LogP contribution in [0.15, 0.2) is 24.3 Å². The summed E-state index contributed by atoms with van der Waals surface area (Å²) in [6.45, 7) is -2.82. The Kier molecular flexibility index (Phi) is 3.94. The quantitative estimate of drug-likeness (QED) is 0.856. The van der Waals surface area contributed by atoms with Gasteiger partial charge >= 0.3 is 6.61 Å². The lowest BCUT2D eigenvalue weighted by molar-refractivity contribution is -0.0500. The molecule has 94 valence electrons. The number of hydrogen-bond donors (Lipinski definition) is 1. The first kappa shape index (κ1) is 12.3. The summed E-state index contributed by atoms with van der Waals surface area (Å²) in [6.07, 6.45) is 3.67. The third-order valence-corrected chi connectivity index (χ3v) is 3.25. The van der Waals surface area contributed by atoms with E-state index in [0.29, 0.717) is 17.9 Å². The zero-order valence-electron chi connectivity index (χ0n) is 9.48. The molecule has 1 saturated carbocycles. The Balaban J connectivity index is 1.98. The topological polar surface area (TPSA) is 29.5 Å². The molecular weight excluding hydrogens is 226 g/mol. The van der Waals surface area contributed by atoms with Crippen molar-refractivity contribution in [3.63, 3.8) is 0 Å². The van der Waals surface area contributed by atoms with Gasteiger partial charge in [0.1, 0.15) is 5.75 Å². The molecule has 1 N–H and O–H groups in total. The fraction of sp³-hybridized carbons (Fsp3) is 0.538. The van der Waals surface area contributed by atoms with Crippen molar-refractivity contribution in [2.24, 2.45) is 5.92 Å². The number of hydrogen-bond acceptors (Lipinski definition) is 2. The monoisotopic (exact) mass is 242 g/mol. The molecule has 0 amide bonds. The van der Waals surface area contributed by atoms with Crippen LogP contribution in [0, 0.1) is 5.92 Å². The largest absolute Gasteiger partial charge is 0.435 e. The van der Waals surface area contributed by atoms with Crippen LogP contribution in [-0.2, 0) is 0 Å². The third kappa shape index (κ3) is 3.40. The molecule has 0 aromatic heterocycles. The maximum atomic E-state index is 12.0. The van der Waals surface area contributed by atoms with Gasteiger partial charge in [0.2, 0.25) is 0 Å². The fourth-order valence-electron chi connectivity index (χ4n) is 2.08. The van der Waals surface area contributed by atoms with Crippen LogP contribution >= 0.6 is 0 Å². The van der Waals surface area contributed by atoms with Crippen LogP contribution in [0.25, 0.3) is 0 Å². The van der Waals surface area contributed by atoms with Gasteiger partial charge in [-0.3, -0.25) is 0 Å². The van der Waals surface area contributed by atoms with Gasteiger partial charge in [-0.25, -0.2) is 0 Å². The summed E-state index contributed by atoms with van der Waals surface area (Å²) in [5, 5.41) is 9.97. The van der Waals surface area contributed by atoms with Crippen molar-refractivity contribution < 1.29 is 18.6 Å². The predicted octanol–water partition coefficient (Wildman–Crippen LogP) is 3.51. The Labute approximate surface area is 99.2 Å². The van der Waals surface area contributed by atoms with E-state index in [1.807, 2.05) is 0 Å². The molecule has 1 aliphatic rings. The molecule has 0 aliphatic heterocycles. The molecule has 0 saturated heterocycles. The molecule has 1 aromatic rings. The van der Waals surface area contributed by atoms with Crippen LogP contribution in [0.1, 0.15) is 37.4 Å². The van der Waals surface area contributed by atoms with Crippen LogP contribution in [0.3, 0.4) is 0 Å². The normalized spacial score (nSPS) is 17.9. The standard InChI is InChI=1S/C13H16F2O2/c14-13(15)17-11-6-2-5-10(8-11)12(16)7-9-3-1-4-9/h2,5-6,8-9,12-13,16H,1,3-4,7H2. The number of ether oxygens (including phenoxy) is 1. The maximum Gasteiger partial charge on any atom is 0.387 e. The SMILES string of the molecule is OC(CC1CCC1)c1cccc(OC(F)F)c1. The van der Waals surface area contributed by atoms with E-state index >= 15 is 0 Å². The molecule has 1 fully saturated rings. The van der Waals surface area contributed by atoms with E-state index in [0.717, 1.165) is 12.8 Å². The number of rotatable bonds is 5. The molecule has 1 unspecified atom stereocenters. The minimum Gasteiger partial charge on any atom is -0.435 e. The summed E-state index contributed by atoms with van der Waals surface area (Å²) in [4.78, 5) is 0. The highest BCUT2D eigenvalue weighted by Crippen LogP contribution is 2.35. The molecule has 1 atom stereocenters. The van der Waals surface area contributed by atoms with Gasteiger partial charge in [0.05, 0.1) is 6.10 Å². The van der Waals surface area contributed by atoms with Crippen molar-refractivity contribution in [1.82, 2.24) is 0 Å². The van der Waals surface area contributed by atoms with Gasteiger partial charge in [-0.2, -0.15) is 8.78 Å². The highest BCUT2D eigenvalue weighted by molar-refractivity contribution is 5.29. The van der Waals surface area contributed by atoms with Crippen molar-refractivity contribution in [3.8, 4) is 5.75 Å². The van der Waals surface area contributed by atoms with Gasteiger partial charge in [-0.05, 0) is 30.0 Å². The average Bonchev–Trinajstić information content (AvgIpc) is 2.22. The van der Waals surface area contributed by atoms with Crippen LogP contribution in [0.2, 0.25) is 0 Å². The lowest BCUT2D eigenvalue weighted by Crippen LogP contribution is -2.15. The molecule has 1 aromatic carbocycles. The summed E-state index contributed by atoms with van der Waals surface area (Å²) in [7, 11) is 0. The van der Waals surface area contributed by atoms with E-state index in [4.69, 9.17) is 0 Å². The molecule has 0 bridgehead atoms. The number of alkyl halides is 2. The van der Waals surface area contributed by atoms with Crippen LogP contribution in [0.5, 0.6) is 5.75 Å². The third-order valence-electron chi connectivity index (χ3n) is 3.25. The van der Waals surface area contributed by atoms with Crippen molar-refractivity contribution >= 4 is 0 Å². The van der Waals surface area contributed by atoms with Gasteiger partial charge in [0.15, 0.2) is 0 Å². The molecule has 0 heterocycles. The van der Waals surface area contributed by atoms with Gasteiger partial charge in [0, 0.05) is 0 Å². The Morgan fingerprint density at radius 1 is 1.35 bits per heavy atom. The van der Waals surface area contributed by atoms with Gasteiger partial charge in [-0.15, -0.1) is 0 Å². The molecular formula is C13H16F2O2. The summed E-state index contributed by atoms with van der Waals surface area (Å²) in [5.41, 5.74) is 0.648. The highest BCUT2D eigenvalue weighted by Gasteiger charge is 2.22. The zero-order valence-corrected chi connectivity index (χ0v) is 9.48. The number of benzene rings is 1. The summed E-state index contributed by atoms with van der Waals surface area (Å²) in [6, 6.07) is 6.31. The summed E-state index contributed by atoms with van der Waals surface area (Å²) in [5.74, 6) is 0.676. The van der Waals surface area contributed by atoms with Crippen LogP contribution in [0.4, 0.5) is 8.78 Å². The van der Waals surface area contributed by atoms with Gasteiger partial charge < -0.3 is 9.84 Å². The van der Waals surface area contributed by atoms with Gasteiger partial charge in [-0.1, -0.05) is 31.4 Å². The Hall–Kier alpha value is -1.16. The number of halogens is 2. The predicted molar refractivity (Wildman–Crippen MR) is 60.0 cm³/mol. The molecule has 2 nitrogen and oxygen atoms in total. The van der Waals surface area contributed by atoms with Gasteiger partial charge in [0.25, 0.3) is 0 Å². The van der Waals surface area contributed by atoms with Crippen molar-refractivity contribution in [1.29, 1.82) is 0 Å². The lowest BCUT2D eigenvalue weighted by Gasteiger charge is -2.27. The van der Waals surface area contributed by atoms with Crippen molar-refractivity contribution in [2.75, 3.05) is 0 Å². The number of aliphatic hydroxyl groups is 1. The Morgan fingerprint density at radius 2 is 2.12 bits per heavy atom. The van der Waals surface area contributed by atoms with E-state index in [-0.39, 0.29) is 5.75 Å². The maximum absolute atomic E-state index is 12.0. The first-order valence-electron chi connectivity index (χ1n) is 5.88.